The van der Waals surface area contributed by atoms with Crippen LogP contribution >= 0.6 is 11.3 Å². The first-order valence-corrected chi connectivity index (χ1v) is 7.35. The normalized spacial score (nSPS) is 16.0. The fraction of sp³-hybridized carbons (Fsp3) is 0.400. The molecule has 0 aliphatic carbocycles. The average molecular weight is 275 g/mol. The van der Waals surface area contributed by atoms with E-state index in [0.29, 0.717) is 26.3 Å². The number of ether oxygens (including phenoxy) is 1. The van der Waals surface area contributed by atoms with E-state index in [1.54, 1.807) is 11.3 Å². The van der Waals surface area contributed by atoms with Crippen molar-refractivity contribution in [3.8, 4) is 0 Å². The van der Waals surface area contributed by atoms with Crippen LogP contribution in [0.5, 0.6) is 0 Å². The Hall–Kier alpha value is -1.39. The Balaban J connectivity index is 1.96. The second-order valence-corrected chi connectivity index (χ2v) is 5.99. The van der Waals surface area contributed by atoms with E-state index in [1.807, 2.05) is 11.0 Å². The van der Waals surface area contributed by atoms with Gasteiger partial charge in [-0.25, -0.2) is 0 Å². The van der Waals surface area contributed by atoms with Gasteiger partial charge in [-0.2, -0.15) is 0 Å². The van der Waals surface area contributed by atoms with Crippen molar-refractivity contribution in [2.24, 2.45) is 0 Å². The number of hydrogen-bond acceptors (Lipinski definition) is 3. The first-order valence-electron chi connectivity index (χ1n) is 6.53. The molecule has 100 valence electrons. The lowest BCUT2D eigenvalue weighted by Gasteiger charge is -2.26. The quantitative estimate of drug-likeness (QED) is 0.800. The van der Waals surface area contributed by atoms with Crippen LogP contribution in [-0.2, 0) is 4.74 Å². The van der Waals surface area contributed by atoms with Crippen molar-refractivity contribution in [2.75, 3.05) is 26.3 Å². The summed E-state index contributed by atoms with van der Waals surface area (Å²) in [7, 11) is 0. The number of nitrogens with zero attached hydrogens (tertiary/aromatic N) is 1. The van der Waals surface area contributed by atoms with Gasteiger partial charge in [-0.1, -0.05) is 12.1 Å². The Morgan fingerprint density at radius 1 is 1.26 bits per heavy atom. The molecule has 19 heavy (non-hydrogen) atoms. The standard InChI is InChI=1S/C15H17NO2S/c1-10-3-4-12-9-13(19-14(12)11(10)2)15(17)16-5-7-18-8-6-16/h3-4,9H,5-8H2,1-2H3. The average Bonchev–Trinajstić information content (AvgIpc) is 2.88. The minimum atomic E-state index is 0.140. The summed E-state index contributed by atoms with van der Waals surface area (Å²) < 4.78 is 6.52. The lowest BCUT2D eigenvalue weighted by atomic mass is 10.1. The number of carbonyl (C=O) groups is 1. The molecule has 1 aromatic carbocycles. The second-order valence-electron chi connectivity index (χ2n) is 4.94. The molecule has 1 aromatic heterocycles. The van der Waals surface area contributed by atoms with Crippen molar-refractivity contribution in [1.29, 1.82) is 0 Å². The topological polar surface area (TPSA) is 29.5 Å². The van der Waals surface area contributed by atoms with E-state index in [9.17, 15) is 4.79 Å². The molecule has 0 radical (unpaired) electrons. The SMILES string of the molecule is Cc1ccc2cc(C(=O)N3CCOCC3)sc2c1C. The Morgan fingerprint density at radius 2 is 2.00 bits per heavy atom. The summed E-state index contributed by atoms with van der Waals surface area (Å²) in [6, 6.07) is 6.24. The molecular weight excluding hydrogens is 258 g/mol. The minimum Gasteiger partial charge on any atom is -0.378 e. The molecule has 3 nitrogen and oxygen atoms in total. The van der Waals surface area contributed by atoms with Gasteiger partial charge in [0, 0.05) is 17.8 Å². The third kappa shape index (κ3) is 2.26. The van der Waals surface area contributed by atoms with E-state index in [0.717, 1.165) is 4.88 Å². The van der Waals surface area contributed by atoms with Gasteiger partial charge in [0.15, 0.2) is 0 Å². The highest BCUT2D eigenvalue weighted by molar-refractivity contribution is 7.21. The first-order chi connectivity index (χ1) is 9.16. The van der Waals surface area contributed by atoms with Crippen LogP contribution in [0.3, 0.4) is 0 Å². The first kappa shape index (κ1) is 12.6. The zero-order valence-electron chi connectivity index (χ0n) is 11.2. The number of hydrogen-bond donors (Lipinski definition) is 0. The van der Waals surface area contributed by atoms with E-state index >= 15 is 0 Å². The van der Waals surface area contributed by atoms with Crippen LogP contribution < -0.4 is 0 Å². The molecule has 2 aromatic rings. The molecular formula is C15H17NO2S. The van der Waals surface area contributed by atoms with Gasteiger partial charge in [0.2, 0.25) is 0 Å². The van der Waals surface area contributed by atoms with Gasteiger partial charge < -0.3 is 9.64 Å². The Kier molecular flexibility index (Phi) is 3.29. The number of aryl methyl sites for hydroxylation is 2. The molecule has 1 fully saturated rings. The molecule has 1 saturated heterocycles. The molecule has 0 bridgehead atoms. The van der Waals surface area contributed by atoms with Crippen molar-refractivity contribution in [3.05, 3.63) is 34.2 Å². The Labute approximate surface area is 116 Å². The van der Waals surface area contributed by atoms with E-state index < -0.39 is 0 Å². The number of fused-ring (bicyclic) bond motifs is 1. The highest BCUT2D eigenvalue weighted by atomic mass is 32.1. The summed E-state index contributed by atoms with van der Waals surface area (Å²) in [5.41, 5.74) is 2.56. The lowest BCUT2D eigenvalue weighted by molar-refractivity contribution is 0.0306. The van der Waals surface area contributed by atoms with Gasteiger partial charge in [-0.3, -0.25) is 4.79 Å². The number of morpholine rings is 1. The van der Waals surface area contributed by atoms with E-state index in [1.165, 1.54) is 21.2 Å². The zero-order valence-corrected chi connectivity index (χ0v) is 12.0. The molecule has 1 amide bonds. The predicted molar refractivity (Wildman–Crippen MR) is 78.0 cm³/mol. The Bertz CT molecular complexity index is 626. The monoisotopic (exact) mass is 275 g/mol. The summed E-state index contributed by atoms with van der Waals surface area (Å²) >= 11 is 1.61. The van der Waals surface area contributed by atoms with E-state index in [2.05, 4.69) is 26.0 Å². The maximum atomic E-state index is 12.4. The number of rotatable bonds is 1. The number of amides is 1. The van der Waals surface area contributed by atoms with Crippen molar-refractivity contribution >= 4 is 27.3 Å². The summed E-state index contributed by atoms with van der Waals surface area (Å²) in [6.45, 7) is 6.93. The highest BCUT2D eigenvalue weighted by Crippen LogP contribution is 2.31. The summed E-state index contributed by atoms with van der Waals surface area (Å²) in [6.07, 6.45) is 0. The third-order valence-corrected chi connectivity index (χ3v) is 4.97. The second kappa shape index (κ2) is 4.94. The van der Waals surface area contributed by atoms with Crippen molar-refractivity contribution < 1.29 is 9.53 Å². The fourth-order valence-electron chi connectivity index (χ4n) is 2.37. The van der Waals surface area contributed by atoms with Crippen LogP contribution in [0.15, 0.2) is 18.2 Å². The van der Waals surface area contributed by atoms with E-state index in [4.69, 9.17) is 4.74 Å². The molecule has 4 heteroatoms. The van der Waals surface area contributed by atoms with Crippen molar-refractivity contribution in [2.45, 2.75) is 13.8 Å². The highest BCUT2D eigenvalue weighted by Gasteiger charge is 2.20. The Morgan fingerprint density at radius 3 is 2.74 bits per heavy atom. The molecule has 3 rings (SSSR count). The van der Waals surface area contributed by atoms with Gasteiger partial charge >= 0.3 is 0 Å². The maximum Gasteiger partial charge on any atom is 0.264 e. The molecule has 0 saturated carbocycles. The van der Waals surface area contributed by atoms with Crippen LogP contribution in [0.1, 0.15) is 20.8 Å². The summed E-state index contributed by atoms with van der Waals surface area (Å²) in [5, 5.41) is 1.17. The number of benzene rings is 1. The molecule has 1 aliphatic rings. The maximum absolute atomic E-state index is 12.4. The summed E-state index contributed by atoms with van der Waals surface area (Å²) in [5.74, 6) is 0.140. The number of thiophene rings is 1. The van der Waals surface area contributed by atoms with Gasteiger partial charge in [-0.15, -0.1) is 11.3 Å². The van der Waals surface area contributed by atoms with Gasteiger partial charge in [0.05, 0.1) is 18.1 Å². The molecule has 0 spiro atoms. The van der Waals surface area contributed by atoms with Crippen LogP contribution in [0.25, 0.3) is 10.1 Å². The number of carbonyl (C=O) groups excluding carboxylic acids is 1. The predicted octanol–water partition coefficient (Wildman–Crippen LogP) is 2.99. The summed E-state index contributed by atoms with van der Waals surface area (Å²) in [4.78, 5) is 15.2. The smallest absolute Gasteiger partial charge is 0.264 e. The minimum absolute atomic E-state index is 0.140. The molecule has 1 aliphatic heterocycles. The van der Waals surface area contributed by atoms with Crippen LogP contribution in [-0.4, -0.2) is 37.1 Å². The molecule has 0 N–H and O–H groups in total. The van der Waals surface area contributed by atoms with Gasteiger partial charge in [0.25, 0.3) is 5.91 Å². The van der Waals surface area contributed by atoms with Crippen LogP contribution in [0, 0.1) is 13.8 Å². The molecule has 0 unspecified atom stereocenters. The van der Waals surface area contributed by atoms with E-state index in [-0.39, 0.29) is 5.91 Å². The zero-order chi connectivity index (χ0) is 13.4. The third-order valence-electron chi connectivity index (χ3n) is 3.71. The van der Waals surface area contributed by atoms with Crippen molar-refractivity contribution in [3.63, 3.8) is 0 Å². The van der Waals surface area contributed by atoms with Crippen LogP contribution in [0.2, 0.25) is 0 Å². The van der Waals surface area contributed by atoms with Crippen LogP contribution in [0.4, 0.5) is 0 Å². The molecule has 2 heterocycles. The largest absolute Gasteiger partial charge is 0.378 e. The van der Waals surface area contributed by atoms with Crippen molar-refractivity contribution in [1.82, 2.24) is 4.90 Å². The molecule has 0 atom stereocenters. The lowest BCUT2D eigenvalue weighted by Crippen LogP contribution is -2.40. The van der Waals surface area contributed by atoms with Gasteiger partial charge in [-0.05, 0) is 36.4 Å². The van der Waals surface area contributed by atoms with Gasteiger partial charge in [0.1, 0.15) is 0 Å². The fourth-order valence-corrected chi connectivity index (χ4v) is 3.55.